The molecule has 0 spiro atoms. The molecule has 1 aliphatic heterocycles. The van der Waals surface area contributed by atoms with E-state index in [0.717, 1.165) is 14.2 Å². The van der Waals surface area contributed by atoms with Crippen LogP contribution in [0.2, 0.25) is 0 Å². The Kier molecular flexibility index (Phi) is 8.54. The third-order valence-electron chi connectivity index (χ3n) is 4.30. The minimum absolute atomic E-state index is 0.0437. The van der Waals surface area contributed by atoms with Gasteiger partial charge in [-0.2, -0.15) is 0 Å². The van der Waals surface area contributed by atoms with Crippen LogP contribution >= 0.6 is 7.75 Å². The summed E-state index contributed by atoms with van der Waals surface area (Å²) >= 11 is 0. The number of nitrogens with zero attached hydrogens (tertiary/aromatic N) is 3. The van der Waals surface area contributed by atoms with E-state index < -0.39 is 56.4 Å². The van der Waals surface area contributed by atoms with Crippen LogP contribution in [0.5, 0.6) is 0 Å². The smallest absolute Gasteiger partial charge is 0.445 e. The molecule has 34 heavy (non-hydrogen) atoms. The summed E-state index contributed by atoms with van der Waals surface area (Å²) < 4.78 is 32.9. The van der Waals surface area contributed by atoms with Gasteiger partial charge in [0.2, 0.25) is 0 Å². The lowest BCUT2D eigenvalue weighted by atomic mass is 10.1. The highest BCUT2D eigenvalue weighted by atomic mass is 31.2. The van der Waals surface area contributed by atoms with E-state index in [0.29, 0.717) is 4.90 Å². The van der Waals surface area contributed by atoms with Gasteiger partial charge in [-0.25, -0.2) is 14.2 Å². The first kappa shape index (κ1) is 27.0. The lowest BCUT2D eigenvalue weighted by Crippen LogP contribution is -2.55. The summed E-state index contributed by atoms with van der Waals surface area (Å²) in [5, 5.41) is 0.0437. The van der Waals surface area contributed by atoms with Crippen molar-refractivity contribution in [2.24, 2.45) is 0 Å². The van der Waals surface area contributed by atoms with E-state index in [4.69, 9.17) is 18.5 Å². The van der Waals surface area contributed by atoms with Crippen molar-refractivity contribution in [3.63, 3.8) is 0 Å². The number of carbonyl (C=O) groups is 5. The molecular weight excluding hydrogens is 473 g/mol. The van der Waals surface area contributed by atoms with Gasteiger partial charge in [-0.3, -0.25) is 28.3 Å². The molecule has 0 saturated carbocycles. The summed E-state index contributed by atoms with van der Waals surface area (Å²) in [6.07, 6.45) is -4.40. The fourth-order valence-electron chi connectivity index (χ4n) is 2.89. The van der Waals surface area contributed by atoms with Gasteiger partial charge in [0, 0.05) is 14.2 Å². The highest BCUT2D eigenvalue weighted by Crippen LogP contribution is 2.52. The Labute approximate surface area is 196 Å². The van der Waals surface area contributed by atoms with Crippen LogP contribution in [-0.2, 0) is 27.9 Å². The number of hydrogen-bond donors (Lipinski definition) is 0. The molecule has 0 unspecified atom stereocenters. The first-order chi connectivity index (χ1) is 15.9. The van der Waals surface area contributed by atoms with Crippen molar-refractivity contribution < 1.29 is 47.1 Å². The average molecular weight is 499 g/mol. The number of hydrogen-bond acceptors (Lipinski definition) is 10. The van der Waals surface area contributed by atoms with Gasteiger partial charge in [0.05, 0.1) is 23.3 Å². The Morgan fingerprint density at radius 3 is 1.74 bits per heavy atom. The molecule has 0 aliphatic carbocycles. The minimum Gasteiger partial charge on any atom is -0.445 e. The maximum Gasteiger partial charge on any atom is 0.459 e. The van der Waals surface area contributed by atoms with E-state index in [-0.39, 0.29) is 20.9 Å². The van der Waals surface area contributed by atoms with Crippen molar-refractivity contribution >= 4 is 37.7 Å². The molecule has 1 aromatic carbocycles. The first-order valence-corrected chi connectivity index (χ1v) is 11.6. The maximum atomic E-state index is 13.3. The molecule has 0 aromatic heterocycles. The molecule has 1 heterocycles. The first-order valence-electron chi connectivity index (χ1n) is 10.1. The van der Waals surface area contributed by atoms with Crippen LogP contribution in [0.1, 0.15) is 48.4 Å². The number of carbonyl (C=O) groups excluding carboxylic acids is 5. The van der Waals surface area contributed by atoms with Crippen LogP contribution in [0.15, 0.2) is 24.3 Å². The van der Waals surface area contributed by atoms with Crippen LogP contribution in [-0.4, -0.2) is 77.6 Å². The highest BCUT2D eigenvalue weighted by Gasteiger charge is 2.49. The van der Waals surface area contributed by atoms with Gasteiger partial charge in [-0.1, -0.05) is 12.1 Å². The fraction of sp³-hybridized carbons (Fsp3) is 0.450. The summed E-state index contributed by atoms with van der Waals surface area (Å²) in [4.78, 5) is 64.9. The zero-order valence-corrected chi connectivity index (χ0v) is 20.4. The summed E-state index contributed by atoms with van der Waals surface area (Å²) in [5.41, 5.74) is 0.124. The minimum atomic E-state index is -4.67. The summed E-state index contributed by atoms with van der Waals surface area (Å²) in [7, 11) is -2.84. The predicted octanol–water partition coefficient (Wildman–Crippen LogP) is 2.82. The number of fused-ring (bicyclic) bond motifs is 1. The average Bonchev–Trinajstić information content (AvgIpc) is 3.00. The number of rotatable bonds is 7. The SMILES string of the molecule is COP(=O)(OC)N(C(=O)OC(C)C)N(C(=O)CN1C(=O)c2ccccc2C1=O)C(=O)OC(C)C. The summed E-state index contributed by atoms with van der Waals surface area (Å²) in [6.45, 7) is 4.88. The third kappa shape index (κ3) is 5.44. The van der Waals surface area contributed by atoms with Gasteiger partial charge in [-0.05, 0) is 39.8 Å². The fourth-order valence-corrected chi connectivity index (χ4v) is 3.99. The molecule has 0 radical (unpaired) electrons. The molecule has 13 nitrogen and oxygen atoms in total. The molecule has 14 heteroatoms. The van der Waals surface area contributed by atoms with Crippen molar-refractivity contribution in [1.82, 2.24) is 14.7 Å². The molecule has 0 atom stereocenters. The molecule has 0 bridgehead atoms. The monoisotopic (exact) mass is 499 g/mol. The van der Waals surface area contributed by atoms with E-state index in [9.17, 15) is 28.5 Å². The normalized spacial score (nSPS) is 13.2. The molecule has 0 N–H and O–H groups in total. The zero-order chi connectivity index (χ0) is 25.8. The van der Waals surface area contributed by atoms with Crippen molar-refractivity contribution in [2.75, 3.05) is 20.8 Å². The molecule has 1 aromatic rings. The van der Waals surface area contributed by atoms with E-state index >= 15 is 0 Å². The Balaban J connectivity index is 2.51. The van der Waals surface area contributed by atoms with Gasteiger partial charge in [0.15, 0.2) is 0 Å². The zero-order valence-electron chi connectivity index (χ0n) is 19.5. The second kappa shape index (κ2) is 10.8. The Bertz CT molecular complexity index is 998. The molecule has 5 amide bonds. The molecule has 0 saturated heterocycles. The number of imide groups is 2. The molecule has 186 valence electrons. The lowest BCUT2D eigenvalue weighted by Gasteiger charge is -2.35. The van der Waals surface area contributed by atoms with Gasteiger partial charge in [0.25, 0.3) is 17.7 Å². The lowest BCUT2D eigenvalue weighted by molar-refractivity contribution is -0.139. The number of benzene rings is 1. The van der Waals surface area contributed by atoms with Crippen LogP contribution in [0, 0.1) is 0 Å². The van der Waals surface area contributed by atoms with E-state index in [1.165, 1.54) is 39.8 Å². The second-order valence-corrected chi connectivity index (χ2v) is 9.48. The van der Waals surface area contributed by atoms with E-state index in [1.54, 1.807) is 12.1 Å². The van der Waals surface area contributed by atoms with Crippen LogP contribution in [0.3, 0.4) is 0 Å². The van der Waals surface area contributed by atoms with Crippen LogP contribution in [0.4, 0.5) is 9.59 Å². The quantitative estimate of drug-likeness (QED) is 0.311. The van der Waals surface area contributed by atoms with Gasteiger partial charge in [0.1, 0.15) is 6.54 Å². The largest absolute Gasteiger partial charge is 0.459 e. The van der Waals surface area contributed by atoms with Gasteiger partial charge < -0.3 is 9.47 Å². The Hall–Kier alpha value is -3.28. The highest BCUT2D eigenvalue weighted by molar-refractivity contribution is 7.51. The molecule has 2 rings (SSSR count). The maximum absolute atomic E-state index is 13.3. The van der Waals surface area contributed by atoms with Crippen LogP contribution in [0.25, 0.3) is 0 Å². The second-order valence-electron chi connectivity index (χ2n) is 7.44. The molecule has 1 aliphatic rings. The third-order valence-corrected chi connectivity index (χ3v) is 6.03. The van der Waals surface area contributed by atoms with E-state index in [2.05, 4.69) is 0 Å². The predicted molar refractivity (Wildman–Crippen MR) is 115 cm³/mol. The number of hydrazine groups is 1. The topological polar surface area (TPSA) is 149 Å². The summed E-state index contributed by atoms with van der Waals surface area (Å²) in [5.74, 6) is -2.89. The Morgan fingerprint density at radius 2 is 1.32 bits per heavy atom. The number of ether oxygens (including phenoxy) is 2. The van der Waals surface area contributed by atoms with E-state index in [1.807, 2.05) is 0 Å². The standard InChI is InChI=1S/C20H26N3O10P/c1-12(2)32-19(27)22(23(20(28)33-13(3)4)34(29,30-5)31-6)16(24)11-21-17(25)14-9-7-8-10-15(14)18(21)26/h7-10,12-13H,11H2,1-6H3. The van der Waals surface area contributed by atoms with Gasteiger partial charge >= 0.3 is 19.9 Å². The van der Waals surface area contributed by atoms with Crippen molar-refractivity contribution in [2.45, 2.75) is 39.9 Å². The summed E-state index contributed by atoms with van der Waals surface area (Å²) in [6, 6.07) is 5.89. The number of amides is 5. The molecular formula is C20H26N3O10P. The van der Waals surface area contributed by atoms with Gasteiger partial charge in [-0.15, -0.1) is 9.79 Å². The Morgan fingerprint density at radius 1 is 0.882 bits per heavy atom. The van der Waals surface area contributed by atoms with Crippen LogP contribution < -0.4 is 0 Å². The van der Waals surface area contributed by atoms with Crippen molar-refractivity contribution in [1.29, 1.82) is 0 Å². The van der Waals surface area contributed by atoms with Crippen molar-refractivity contribution in [3.8, 4) is 0 Å². The molecule has 0 fully saturated rings. The van der Waals surface area contributed by atoms with Crippen molar-refractivity contribution in [3.05, 3.63) is 35.4 Å².